The van der Waals surface area contributed by atoms with Crippen LogP contribution in [0.2, 0.25) is 0 Å². The normalized spacial score (nSPS) is 27.9. The van der Waals surface area contributed by atoms with Crippen LogP contribution in [0, 0.1) is 5.82 Å². The van der Waals surface area contributed by atoms with Gasteiger partial charge in [-0.05, 0) is 50.5 Å². The summed E-state index contributed by atoms with van der Waals surface area (Å²) in [5.41, 5.74) is 5.74. The molecular weight excluding hydrogens is 261 g/mol. The molecule has 1 aliphatic rings. The molecule has 110 valence electrons. The average molecular weight is 281 g/mol. The summed E-state index contributed by atoms with van der Waals surface area (Å²) in [6, 6.07) is 5.28. The summed E-state index contributed by atoms with van der Waals surface area (Å²) in [6.45, 7) is 1.80. The van der Waals surface area contributed by atoms with Crippen LogP contribution in [0.15, 0.2) is 24.3 Å². The highest BCUT2D eigenvalue weighted by Crippen LogP contribution is 2.21. The van der Waals surface area contributed by atoms with E-state index in [1.54, 1.807) is 19.1 Å². The van der Waals surface area contributed by atoms with Crippen molar-refractivity contribution in [2.75, 3.05) is 0 Å². The fourth-order valence-electron chi connectivity index (χ4n) is 2.25. The van der Waals surface area contributed by atoms with E-state index in [1.165, 1.54) is 12.1 Å². The fourth-order valence-corrected chi connectivity index (χ4v) is 2.25. The predicted octanol–water partition coefficient (Wildman–Crippen LogP) is 2.41. The lowest BCUT2D eigenvalue weighted by atomic mass is 10.1. The van der Waals surface area contributed by atoms with Gasteiger partial charge in [-0.3, -0.25) is 4.79 Å². The minimum absolute atomic E-state index is 0.241. The maximum absolute atomic E-state index is 12.9. The maximum Gasteiger partial charge on any atom is 0.323 e. The lowest BCUT2D eigenvalue weighted by molar-refractivity contribution is -0.154. The highest BCUT2D eigenvalue weighted by atomic mass is 19.1. The smallest absolute Gasteiger partial charge is 0.323 e. The second-order valence-corrected chi connectivity index (χ2v) is 5.14. The third kappa shape index (κ3) is 3.93. The van der Waals surface area contributed by atoms with Gasteiger partial charge < -0.3 is 15.2 Å². The molecule has 5 heteroatoms. The molecule has 1 aromatic carbocycles. The third-order valence-corrected chi connectivity index (χ3v) is 3.48. The molecule has 0 radical (unpaired) electrons. The van der Waals surface area contributed by atoms with Gasteiger partial charge in [0.2, 0.25) is 0 Å². The Bertz CT molecular complexity index is 449. The van der Waals surface area contributed by atoms with Gasteiger partial charge in [-0.2, -0.15) is 0 Å². The second kappa shape index (κ2) is 6.70. The Kier molecular flexibility index (Phi) is 4.95. The van der Waals surface area contributed by atoms with Crippen LogP contribution in [0.4, 0.5) is 4.39 Å². The number of ether oxygens (including phenoxy) is 2. The second-order valence-electron chi connectivity index (χ2n) is 5.14. The molecule has 0 unspecified atom stereocenters. The highest BCUT2D eigenvalue weighted by Gasteiger charge is 2.27. The minimum atomic E-state index is -0.554. The van der Waals surface area contributed by atoms with E-state index in [9.17, 15) is 9.18 Å². The van der Waals surface area contributed by atoms with E-state index in [1.807, 2.05) is 0 Å². The van der Waals surface area contributed by atoms with Gasteiger partial charge in [-0.25, -0.2) is 4.39 Å². The number of esters is 1. The molecule has 2 N–H and O–H groups in total. The van der Waals surface area contributed by atoms with Gasteiger partial charge in [0.25, 0.3) is 0 Å². The van der Waals surface area contributed by atoms with Crippen molar-refractivity contribution in [1.82, 2.24) is 0 Å². The van der Waals surface area contributed by atoms with Crippen molar-refractivity contribution in [2.24, 2.45) is 5.73 Å². The number of cyclic esters (lactones) is 1. The van der Waals surface area contributed by atoms with Crippen molar-refractivity contribution in [3.63, 3.8) is 0 Å². The van der Waals surface area contributed by atoms with Crippen molar-refractivity contribution in [2.45, 2.75) is 50.9 Å². The molecule has 1 aliphatic heterocycles. The SMILES string of the molecule is C[C@@H]1OC(=O)[C@@H](N)CCCC[C@H]1Oc1ccc(F)cc1. The van der Waals surface area contributed by atoms with Crippen molar-refractivity contribution in [1.29, 1.82) is 0 Å². The summed E-state index contributed by atoms with van der Waals surface area (Å²) in [4.78, 5) is 11.7. The van der Waals surface area contributed by atoms with Crippen LogP contribution in [0.1, 0.15) is 32.6 Å². The van der Waals surface area contributed by atoms with Crippen LogP contribution in [0.3, 0.4) is 0 Å². The summed E-state index contributed by atoms with van der Waals surface area (Å²) in [5, 5.41) is 0. The summed E-state index contributed by atoms with van der Waals surface area (Å²) in [5.74, 6) is -0.118. The molecule has 0 aliphatic carbocycles. The third-order valence-electron chi connectivity index (χ3n) is 3.48. The molecule has 4 nitrogen and oxygen atoms in total. The molecule has 2 rings (SSSR count). The topological polar surface area (TPSA) is 61.5 Å². The summed E-state index contributed by atoms with van der Waals surface area (Å²) in [7, 11) is 0. The highest BCUT2D eigenvalue weighted by molar-refractivity contribution is 5.75. The molecule has 1 heterocycles. The number of rotatable bonds is 2. The Balaban J connectivity index is 2.04. The number of halogens is 1. The van der Waals surface area contributed by atoms with Gasteiger partial charge in [0, 0.05) is 0 Å². The first-order valence-corrected chi connectivity index (χ1v) is 6.94. The van der Waals surface area contributed by atoms with Crippen LogP contribution < -0.4 is 10.5 Å². The van der Waals surface area contributed by atoms with Gasteiger partial charge in [-0.15, -0.1) is 0 Å². The lowest BCUT2D eigenvalue weighted by Gasteiger charge is -2.24. The largest absolute Gasteiger partial charge is 0.487 e. The Labute approximate surface area is 118 Å². The zero-order valence-electron chi connectivity index (χ0n) is 11.5. The summed E-state index contributed by atoms with van der Waals surface area (Å²) < 4.78 is 24.0. The molecule has 0 aromatic heterocycles. The predicted molar refractivity (Wildman–Crippen MR) is 72.8 cm³/mol. The molecule has 20 heavy (non-hydrogen) atoms. The molecule has 1 saturated heterocycles. The Morgan fingerprint density at radius 1 is 1.25 bits per heavy atom. The number of carbonyl (C=O) groups is 1. The zero-order chi connectivity index (χ0) is 14.5. The fraction of sp³-hybridized carbons (Fsp3) is 0.533. The van der Waals surface area contributed by atoms with Gasteiger partial charge in [0.1, 0.15) is 29.8 Å². The van der Waals surface area contributed by atoms with Crippen molar-refractivity contribution >= 4 is 5.97 Å². The van der Waals surface area contributed by atoms with E-state index in [0.717, 1.165) is 19.3 Å². The molecule has 0 amide bonds. The first-order valence-electron chi connectivity index (χ1n) is 6.94. The van der Waals surface area contributed by atoms with E-state index in [2.05, 4.69) is 0 Å². The number of hydrogen-bond acceptors (Lipinski definition) is 4. The molecule has 0 bridgehead atoms. The van der Waals surface area contributed by atoms with Crippen LogP contribution in [-0.2, 0) is 9.53 Å². The van der Waals surface area contributed by atoms with E-state index in [0.29, 0.717) is 12.2 Å². The Hall–Kier alpha value is -1.62. The number of nitrogens with two attached hydrogens (primary N) is 1. The Morgan fingerprint density at radius 2 is 1.90 bits per heavy atom. The van der Waals surface area contributed by atoms with Gasteiger partial charge in [-0.1, -0.05) is 6.42 Å². The molecular formula is C15H20FNO3. The first-order chi connectivity index (χ1) is 9.56. The van der Waals surface area contributed by atoms with Crippen molar-refractivity contribution in [3.05, 3.63) is 30.1 Å². The first kappa shape index (κ1) is 14.8. The lowest BCUT2D eigenvalue weighted by Crippen LogP contribution is -2.38. The van der Waals surface area contributed by atoms with Gasteiger partial charge >= 0.3 is 5.97 Å². The summed E-state index contributed by atoms with van der Waals surface area (Å²) in [6.07, 6.45) is 2.58. The van der Waals surface area contributed by atoms with E-state index in [-0.39, 0.29) is 24.0 Å². The average Bonchev–Trinajstić information content (AvgIpc) is 2.48. The molecule has 1 fully saturated rings. The van der Waals surface area contributed by atoms with Crippen LogP contribution >= 0.6 is 0 Å². The number of carbonyl (C=O) groups excluding carboxylic acids is 1. The van der Waals surface area contributed by atoms with E-state index < -0.39 is 6.04 Å². The number of benzene rings is 1. The van der Waals surface area contributed by atoms with Gasteiger partial charge in [0.15, 0.2) is 0 Å². The monoisotopic (exact) mass is 281 g/mol. The quantitative estimate of drug-likeness (QED) is 0.846. The molecule has 3 atom stereocenters. The minimum Gasteiger partial charge on any atom is -0.487 e. The Morgan fingerprint density at radius 3 is 2.60 bits per heavy atom. The van der Waals surface area contributed by atoms with Crippen LogP contribution in [0.5, 0.6) is 5.75 Å². The van der Waals surface area contributed by atoms with Gasteiger partial charge in [0.05, 0.1) is 0 Å². The van der Waals surface area contributed by atoms with E-state index in [4.69, 9.17) is 15.2 Å². The molecule has 0 spiro atoms. The van der Waals surface area contributed by atoms with Crippen molar-refractivity contribution < 1.29 is 18.7 Å². The standard InChI is InChI=1S/C15H20FNO3/c1-10-14(20-12-8-6-11(16)7-9-12)5-3-2-4-13(17)15(18)19-10/h6-10,13-14H,2-5,17H2,1H3/t10-,13-,14+/m0/s1. The number of hydrogen-bond donors (Lipinski definition) is 1. The van der Waals surface area contributed by atoms with Crippen molar-refractivity contribution in [3.8, 4) is 5.75 Å². The zero-order valence-corrected chi connectivity index (χ0v) is 11.5. The van der Waals surface area contributed by atoms with Crippen LogP contribution in [0.25, 0.3) is 0 Å². The summed E-state index contributed by atoms with van der Waals surface area (Å²) >= 11 is 0. The maximum atomic E-state index is 12.9. The molecule has 1 aromatic rings. The van der Waals surface area contributed by atoms with E-state index >= 15 is 0 Å². The van der Waals surface area contributed by atoms with Crippen LogP contribution in [-0.4, -0.2) is 24.2 Å². The molecule has 0 saturated carbocycles.